The minimum absolute atomic E-state index is 0.0838. The number of rotatable bonds is 8. The normalized spacial score (nSPS) is 11.1. The van der Waals surface area contributed by atoms with Crippen molar-refractivity contribution in [1.82, 2.24) is 14.8 Å². The molecule has 18 heavy (non-hydrogen) atoms. The van der Waals surface area contributed by atoms with E-state index in [2.05, 4.69) is 24.1 Å². The molecule has 0 aliphatic rings. The van der Waals surface area contributed by atoms with Gasteiger partial charge in [-0.3, -0.25) is 4.79 Å². The third-order valence-corrected chi connectivity index (χ3v) is 3.28. The van der Waals surface area contributed by atoms with Gasteiger partial charge in [0.2, 0.25) is 0 Å². The van der Waals surface area contributed by atoms with Crippen molar-refractivity contribution in [3.8, 4) is 0 Å². The van der Waals surface area contributed by atoms with Gasteiger partial charge in [-0.25, -0.2) is 0 Å². The second-order valence-corrected chi connectivity index (χ2v) is 4.43. The Balaban J connectivity index is 2.28. The van der Waals surface area contributed by atoms with Gasteiger partial charge < -0.3 is 14.8 Å². The summed E-state index contributed by atoms with van der Waals surface area (Å²) in [6, 6.07) is 5.39. The van der Waals surface area contributed by atoms with E-state index >= 15 is 0 Å². The van der Waals surface area contributed by atoms with Crippen molar-refractivity contribution in [3.05, 3.63) is 34.2 Å². The predicted octanol–water partition coefficient (Wildman–Crippen LogP) is 1.09. The Kier molecular flexibility index (Phi) is 6.68. The van der Waals surface area contributed by atoms with Gasteiger partial charge in [0.25, 0.3) is 5.56 Å². The summed E-state index contributed by atoms with van der Waals surface area (Å²) >= 11 is 0. The van der Waals surface area contributed by atoms with Crippen LogP contribution in [0.4, 0.5) is 0 Å². The lowest BCUT2D eigenvalue weighted by Gasteiger charge is -2.18. The van der Waals surface area contributed by atoms with Gasteiger partial charge in [-0.15, -0.1) is 0 Å². The first-order valence-electron chi connectivity index (χ1n) is 6.78. The summed E-state index contributed by atoms with van der Waals surface area (Å²) in [7, 11) is 0. The molecule has 1 heterocycles. The van der Waals surface area contributed by atoms with Gasteiger partial charge in [-0.1, -0.05) is 19.9 Å². The van der Waals surface area contributed by atoms with Gasteiger partial charge in [-0.2, -0.15) is 0 Å². The highest BCUT2D eigenvalue weighted by molar-refractivity contribution is 5.04. The Morgan fingerprint density at radius 1 is 1.22 bits per heavy atom. The van der Waals surface area contributed by atoms with E-state index in [9.17, 15) is 4.79 Å². The van der Waals surface area contributed by atoms with E-state index in [-0.39, 0.29) is 5.56 Å². The molecule has 102 valence electrons. The van der Waals surface area contributed by atoms with Crippen molar-refractivity contribution < 1.29 is 0 Å². The lowest BCUT2D eigenvalue weighted by atomic mass is 10.3. The van der Waals surface area contributed by atoms with E-state index in [4.69, 9.17) is 0 Å². The number of hydrogen-bond acceptors (Lipinski definition) is 3. The Morgan fingerprint density at radius 3 is 2.56 bits per heavy atom. The Labute approximate surface area is 110 Å². The molecule has 0 radical (unpaired) electrons. The molecule has 0 fully saturated rings. The molecular weight excluding hydrogens is 226 g/mol. The molecule has 1 aromatic heterocycles. The number of nitrogens with one attached hydrogen (secondary N) is 1. The molecule has 0 saturated heterocycles. The van der Waals surface area contributed by atoms with Gasteiger partial charge in [-0.05, 0) is 26.1 Å². The average Bonchev–Trinajstić information content (AvgIpc) is 2.37. The van der Waals surface area contributed by atoms with Gasteiger partial charge in [0.1, 0.15) is 0 Å². The van der Waals surface area contributed by atoms with Crippen LogP contribution in [0.3, 0.4) is 0 Å². The molecule has 0 aromatic carbocycles. The second-order valence-electron chi connectivity index (χ2n) is 4.43. The third kappa shape index (κ3) is 4.63. The van der Waals surface area contributed by atoms with Crippen LogP contribution >= 0.6 is 0 Å². The third-order valence-electron chi connectivity index (χ3n) is 3.28. The van der Waals surface area contributed by atoms with Crippen molar-refractivity contribution in [1.29, 1.82) is 0 Å². The van der Waals surface area contributed by atoms with E-state index in [1.807, 2.05) is 23.6 Å². The first-order valence-corrected chi connectivity index (χ1v) is 6.78. The largest absolute Gasteiger partial charge is 0.314 e. The summed E-state index contributed by atoms with van der Waals surface area (Å²) in [5, 5.41) is 3.39. The monoisotopic (exact) mass is 251 g/mol. The summed E-state index contributed by atoms with van der Waals surface area (Å²) in [5.74, 6) is 0. The number of aromatic nitrogens is 1. The zero-order valence-corrected chi connectivity index (χ0v) is 11.8. The molecule has 4 nitrogen and oxygen atoms in total. The zero-order chi connectivity index (χ0) is 13.4. The molecule has 0 spiro atoms. The molecule has 1 N–H and O–H groups in total. The SMILES string of the molecule is CCN(CC)CCNCCn1c(C)cccc1=O. The molecule has 0 aliphatic heterocycles. The quantitative estimate of drug-likeness (QED) is 0.703. The topological polar surface area (TPSA) is 37.3 Å². The zero-order valence-electron chi connectivity index (χ0n) is 11.8. The molecule has 0 atom stereocenters. The molecule has 0 aliphatic carbocycles. The first-order chi connectivity index (χ1) is 8.69. The lowest BCUT2D eigenvalue weighted by molar-refractivity contribution is 0.301. The van der Waals surface area contributed by atoms with Crippen molar-refractivity contribution in [2.24, 2.45) is 0 Å². The van der Waals surface area contributed by atoms with E-state index in [1.165, 1.54) is 0 Å². The van der Waals surface area contributed by atoms with E-state index in [1.54, 1.807) is 6.07 Å². The molecular formula is C14H25N3O. The van der Waals surface area contributed by atoms with Gasteiger partial charge in [0, 0.05) is 37.9 Å². The standard InChI is InChI=1S/C14H25N3O/c1-4-16(5-2)11-9-15-10-12-17-13(3)7-6-8-14(17)18/h6-8,15H,4-5,9-12H2,1-3H3. The Bertz CT molecular complexity index is 396. The van der Waals surface area contributed by atoms with Crippen LogP contribution in [0.15, 0.2) is 23.0 Å². The summed E-state index contributed by atoms with van der Waals surface area (Å²) in [6.45, 7) is 12.1. The van der Waals surface area contributed by atoms with Gasteiger partial charge in [0.15, 0.2) is 0 Å². The molecule has 0 unspecified atom stereocenters. The van der Waals surface area contributed by atoms with Crippen LogP contribution in [0.25, 0.3) is 0 Å². The highest BCUT2D eigenvalue weighted by Gasteiger charge is 2.00. The van der Waals surface area contributed by atoms with Gasteiger partial charge >= 0.3 is 0 Å². The fraction of sp³-hybridized carbons (Fsp3) is 0.643. The summed E-state index contributed by atoms with van der Waals surface area (Å²) in [6.07, 6.45) is 0. The molecule has 1 aromatic rings. The Hall–Kier alpha value is -1.13. The van der Waals surface area contributed by atoms with Crippen LogP contribution in [0.1, 0.15) is 19.5 Å². The van der Waals surface area contributed by atoms with E-state index < -0.39 is 0 Å². The highest BCUT2D eigenvalue weighted by Crippen LogP contribution is 1.92. The fourth-order valence-electron chi connectivity index (χ4n) is 2.00. The minimum Gasteiger partial charge on any atom is -0.314 e. The van der Waals surface area contributed by atoms with Crippen LogP contribution in [0, 0.1) is 6.92 Å². The van der Waals surface area contributed by atoms with Crippen LogP contribution in [0.5, 0.6) is 0 Å². The smallest absolute Gasteiger partial charge is 0.250 e. The Morgan fingerprint density at radius 2 is 1.94 bits per heavy atom. The maximum absolute atomic E-state index is 11.6. The molecule has 1 rings (SSSR count). The van der Waals surface area contributed by atoms with Crippen molar-refractivity contribution >= 4 is 0 Å². The minimum atomic E-state index is 0.0838. The van der Waals surface area contributed by atoms with Crippen LogP contribution < -0.4 is 10.9 Å². The maximum atomic E-state index is 11.6. The predicted molar refractivity (Wildman–Crippen MR) is 76.1 cm³/mol. The van der Waals surface area contributed by atoms with Crippen molar-refractivity contribution in [3.63, 3.8) is 0 Å². The van der Waals surface area contributed by atoms with Crippen molar-refractivity contribution in [2.75, 3.05) is 32.7 Å². The molecule has 0 saturated carbocycles. The maximum Gasteiger partial charge on any atom is 0.250 e. The summed E-state index contributed by atoms with van der Waals surface area (Å²) < 4.78 is 1.81. The van der Waals surface area contributed by atoms with Crippen LogP contribution in [-0.4, -0.2) is 42.2 Å². The van der Waals surface area contributed by atoms with Gasteiger partial charge in [0.05, 0.1) is 0 Å². The number of aryl methyl sites for hydroxylation is 1. The molecule has 4 heteroatoms. The van der Waals surface area contributed by atoms with Crippen LogP contribution in [0.2, 0.25) is 0 Å². The molecule has 0 amide bonds. The average molecular weight is 251 g/mol. The fourth-order valence-corrected chi connectivity index (χ4v) is 2.00. The number of pyridine rings is 1. The molecule has 0 bridgehead atoms. The number of nitrogens with zero attached hydrogens (tertiary/aromatic N) is 2. The summed E-state index contributed by atoms with van der Waals surface area (Å²) in [4.78, 5) is 14.0. The number of hydrogen-bond donors (Lipinski definition) is 1. The van der Waals surface area contributed by atoms with E-state index in [0.717, 1.165) is 45.0 Å². The summed E-state index contributed by atoms with van der Waals surface area (Å²) in [5.41, 5.74) is 1.11. The van der Waals surface area contributed by atoms with E-state index in [0.29, 0.717) is 0 Å². The highest BCUT2D eigenvalue weighted by atomic mass is 16.1. The first kappa shape index (κ1) is 14.9. The van der Waals surface area contributed by atoms with Crippen LogP contribution in [-0.2, 0) is 6.54 Å². The van der Waals surface area contributed by atoms with Crippen molar-refractivity contribution in [2.45, 2.75) is 27.3 Å². The number of likely N-dealkylation sites (N-methyl/N-ethyl adjacent to an activating group) is 1. The lowest BCUT2D eigenvalue weighted by Crippen LogP contribution is -2.34. The second kappa shape index (κ2) is 8.06.